The number of aliphatic hydroxyl groups excluding tert-OH is 1. The number of carbonyl (C=O) groups is 1. The third kappa shape index (κ3) is 4.42. The molecule has 0 bridgehead atoms. The van der Waals surface area contributed by atoms with E-state index in [0.717, 1.165) is 0 Å². The highest BCUT2D eigenvalue weighted by molar-refractivity contribution is 5.71. The number of fused-ring (bicyclic) bond motifs is 1. The van der Waals surface area contributed by atoms with Gasteiger partial charge in [-0.05, 0) is 12.5 Å². The minimum Gasteiger partial charge on any atom is -0.493 e. The number of halogens is 3. The van der Waals surface area contributed by atoms with E-state index >= 15 is 0 Å². The number of hydrogen-bond donors (Lipinski definition) is 2. The van der Waals surface area contributed by atoms with E-state index in [1.807, 2.05) is 0 Å². The predicted molar refractivity (Wildman–Crippen MR) is 116 cm³/mol. The summed E-state index contributed by atoms with van der Waals surface area (Å²) in [6.45, 7) is 0.109. The molecule has 0 unspecified atom stereocenters. The van der Waals surface area contributed by atoms with Crippen molar-refractivity contribution in [3.8, 4) is 40.0 Å². The van der Waals surface area contributed by atoms with Crippen LogP contribution in [0, 0.1) is 5.92 Å². The summed E-state index contributed by atoms with van der Waals surface area (Å²) in [6.07, 6.45) is -5.59. The van der Waals surface area contributed by atoms with Gasteiger partial charge in [0.05, 0.1) is 12.7 Å². The van der Waals surface area contributed by atoms with Gasteiger partial charge in [0.2, 0.25) is 11.6 Å². The fourth-order valence-electron chi connectivity index (χ4n) is 4.06. The van der Waals surface area contributed by atoms with E-state index in [0.29, 0.717) is 16.9 Å². The van der Waals surface area contributed by atoms with Gasteiger partial charge in [-0.1, -0.05) is 52.8 Å². The van der Waals surface area contributed by atoms with Gasteiger partial charge in [0, 0.05) is 29.0 Å². The highest BCUT2D eigenvalue weighted by Crippen LogP contribution is 2.43. The summed E-state index contributed by atoms with van der Waals surface area (Å²) in [5, 5.41) is 26.9. The van der Waals surface area contributed by atoms with Crippen molar-refractivity contribution in [2.45, 2.75) is 25.1 Å². The molecule has 4 aromatic rings. The highest BCUT2D eigenvalue weighted by atomic mass is 19.4. The van der Waals surface area contributed by atoms with Crippen LogP contribution in [-0.2, 0) is 11.0 Å². The molecule has 0 saturated heterocycles. The summed E-state index contributed by atoms with van der Waals surface area (Å²) in [5.41, 5.74) is -0.478. The smallest absolute Gasteiger partial charge is 0.422 e. The van der Waals surface area contributed by atoms with Crippen molar-refractivity contribution in [2.75, 3.05) is 6.61 Å². The molecule has 0 spiro atoms. The molecule has 0 fully saturated rings. The van der Waals surface area contributed by atoms with Crippen LogP contribution < -0.4 is 4.74 Å². The standard InChI is InChI=1S/C24H18F3N3O6/c25-24(26,27)18-19(12-4-2-1-3-5-12)29-35-21(18)23-28-22(30-36-23)13-6-8-15-16(10-13)34-11-14(20(15)33)7-9-17(31)32/h1-6,8,10,14,20,33H,7,9,11H2,(H,31,32)/t14-,20-/m0/s1. The van der Waals surface area contributed by atoms with Crippen LogP contribution in [0.2, 0.25) is 0 Å². The van der Waals surface area contributed by atoms with Crippen molar-refractivity contribution in [2.24, 2.45) is 5.92 Å². The lowest BCUT2D eigenvalue weighted by atomic mass is 9.89. The number of rotatable bonds is 6. The fraction of sp³-hybridized carbons (Fsp3) is 0.250. The number of carboxylic acid groups (broad SMARTS) is 1. The van der Waals surface area contributed by atoms with Crippen molar-refractivity contribution < 1.29 is 42.0 Å². The third-order valence-electron chi connectivity index (χ3n) is 5.86. The zero-order valence-corrected chi connectivity index (χ0v) is 18.4. The molecule has 1 aliphatic rings. The van der Waals surface area contributed by atoms with Crippen LogP contribution in [0.1, 0.15) is 30.1 Å². The van der Waals surface area contributed by atoms with Crippen LogP contribution >= 0.6 is 0 Å². The minimum atomic E-state index is -4.80. The van der Waals surface area contributed by atoms with E-state index in [1.54, 1.807) is 30.3 Å². The monoisotopic (exact) mass is 501 g/mol. The molecule has 9 nitrogen and oxygen atoms in total. The highest BCUT2D eigenvalue weighted by Gasteiger charge is 2.43. The van der Waals surface area contributed by atoms with E-state index in [2.05, 4.69) is 15.3 Å². The Bertz CT molecular complexity index is 1400. The molecule has 0 radical (unpaired) electrons. The first-order valence-electron chi connectivity index (χ1n) is 10.9. The average molecular weight is 501 g/mol. The van der Waals surface area contributed by atoms with Crippen LogP contribution in [0.15, 0.2) is 57.6 Å². The molecule has 0 amide bonds. The number of alkyl halides is 3. The largest absolute Gasteiger partial charge is 0.493 e. The van der Waals surface area contributed by atoms with Crippen LogP contribution in [-0.4, -0.2) is 38.1 Å². The van der Waals surface area contributed by atoms with E-state index in [-0.39, 0.29) is 36.8 Å². The zero-order valence-electron chi connectivity index (χ0n) is 18.4. The van der Waals surface area contributed by atoms with Gasteiger partial charge in [0.25, 0.3) is 5.89 Å². The second kappa shape index (κ2) is 9.11. The Labute approximate surface area is 201 Å². The van der Waals surface area contributed by atoms with Crippen LogP contribution in [0.5, 0.6) is 5.75 Å². The number of nitrogens with zero attached hydrogens (tertiary/aromatic N) is 3. The van der Waals surface area contributed by atoms with Crippen molar-refractivity contribution >= 4 is 5.97 Å². The molecule has 3 heterocycles. The van der Waals surface area contributed by atoms with Crippen molar-refractivity contribution in [3.05, 3.63) is 59.7 Å². The molecule has 2 aromatic carbocycles. The number of ether oxygens (including phenoxy) is 1. The lowest BCUT2D eigenvalue weighted by Gasteiger charge is -2.30. The topological polar surface area (TPSA) is 132 Å². The fourth-order valence-corrected chi connectivity index (χ4v) is 4.06. The van der Waals surface area contributed by atoms with Crippen molar-refractivity contribution in [3.63, 3.8) is 0 Å². The Kier molecular flexibility index (Phi) is 5.96. The number of aliphatic carboxylic acids is 1. The van der Waals surface area contributed by atoms with E-state index < -0.39 is 41.2 Å². The Morgan fingerprint density at radius 1 is 1.06 bits per heavy atom. The average Bonchev–Trinajstić information content (AvgIpc) is 3.51. The van der Waals surface area contributed by atoms with Crippen molar-refractivity contribution in [1.82, 2.24) is 15.3 Å². The Hall–Kier alpha value is -4.19. The maximum absolute atomic E-state index is 13.9. The summed E-state index contributed by atoms with van der Waals surface area (Å²) in [5.74, 6) is -2.25. The van der Waals surface area contributed by atoms with Gasteiger partial charge >= 0.3 is 12.1 Å². The minimum absolute atomic E-state index is 0.0234. The third-order valence-corrected chi connectivity index (χ3v) is 5.86. The van der Waals surface area contributed by atoms with Gasteiger partial charge < -0.3 is 24.0 Å². The SMILES string of the molecule is O=C(O)CC[C@H]1COc2cc(-c3noc(-c4onc(-c5ccccc5)c4C(F)(F)F)n3)ccc2[C@H]1O. The van der Waals surface area contributed by atoms with E-state index in [1.165, 1.54) is 18.2 Å². The van der Waals surface area contributed by atoms with Gasteiger partial charge in [-0.2, -0.15) is 18.2 Å². The first kappa shape index (κ1) is 23.5. The van der Waals surface area contributed by atoms with Gasteiger partial charge in [-0.15, -0.1) is 0 Å². The summed E-state index contributed by atoms with van der Waals surface area (Å²) >= 11 is 0. The summed E-state index contributed by atoms with van der Waals surface area (Å²) < 4.78 is 57.6. The Balaban J connectivity index is 1.45. The number of benzene rings is 2. The Morgan fingerprint density at radius 2 is 1.83 bits per heavy atom. The molecule has 2 aromatic heterocycles. The molecule has 0 saturated carbocycles. The van der Waals surface area contributed by atoms with E-state index in [4.69, 9.17) is 18.9 Å². The molecule has 12 heteroatoms. The lowest BCUT2D eigenvalue weighted by molar-refractivity contribution is -0.138. The quantitative estimate of drug-likeness (QED) is 0.375. The molecule has 186 valence electrons. The maximum atomic E-state index is 13.9. The summed E-state index contributed by atoms with van der Waals surface area (Å²) in [6, 6.07) is 12.4. The molecule has 2 atom stereocenters. The number of aliphatic hydroxyl groups is 1. The molecular weight excluding hydrogens is 483 g/mol. The van der Waals surface area contributed by atoms with E-state index in [9.17, 15) is 23.1 Å². The number of hydrogen-bond acceptors (Lipinski definition) is 8. The van der Waals surface area contributed by atoms with Crippen LogP contribution in [0.3, 0.4) is 0 Å². The second-order valence-electron chi connectivity index (χ2n) is 8.22. The van der Waals surface area contributed by atoms with Crippen LogP contribution in [0.4, 0.5) is 13.2 Å². The second-order valence-corrected chi connectivity index (χ2v) is 8.22. The zero-order chi connectivity index (χ0) is 25.4. The number of carboxylic acids is 1. The maximum Gasteiger partial charge on any atom is 0.422 e. The molecule has 1 aliphatic heterocycles. The molecule has 5 rings (SSSR count). The van der Waals surface area contributed by atoms with Gasteiger partial charge in [0.1, 0.15) is 17.0 Å². The lowest BCUT2D eigenvalue weighted by Crippen LogP contribution is -2.26. The Morgan fingerprint density at radius 3 is 2.56 bits per heavy atom. The van der Waals surface area contributed by atoms with Gasteiger partial charge in [-0.3, -0.25) is 4.79 Å². The first-order chi connectivity index (χ1) is 17.2. The predicted octanol–water partition coefficient (Wildman–Crippen LogP) is 4.98. The summed E-state index contributed by atoms with van der Waals surface area (Å²) in [7, 11) is 0. The van der Waals surface area contributed by atoms with Crippen LogP contribution in [0.25, 0.3) is 34.3 Å². The number of aromatic nitrogens is 3. The molecule has 36 heavy (non-hydrogen) atoms. The first-order valence-corrected chi connectivity index (χ1v) is 10.9. The molecular formula is C24H18F3N3O6. The van der Waals surface area contributed by atoms with Gasteiger partial charge in [0.15, 0.2) is 0 Å². The molecule has 0 aliphatic carbocycles. The van der Waals surface area contributed by atoms with Crippen molar-refractivity contribution in [1.29, 1.82) is 0 Å². The normalized spacial score (nSPS) is 17.4. The summed E-state index contributed by atoms with van der Waals surface area (Å²) in [4.78, 5) is 14.9. The molecule has 2 N–H and O–H groups in total. The van der Waals surface area contributed by atoms with Gasteiger partial charge in [-0.25, -0.2) is 0 Å².